The van der Waals surface area contributed by atoms with Crippen LogP contribution in [-0.2, 0) is 6.61 Å². The molecule has 1 aromatic carbocycles. The third-order valence-corrected chi connectivity index (χ3v) is 3.20. The summed E-state index contributed by atoms with van der Waals surface area (Å²) in [5, 5.41) is 7.04. The van der Waals surface area contributed by atoms with Crippen LogP contribution >= 0.6 is 0 Å². The summed E-state index contributed by atoms with van der Waals surface area (Å²) < 4.78 is 24.7. The van der Waals surface area contributed by atoms with E-state index in [1.54, 1.807) is 18.2 Å². The Morgan fingerprint density at radius 3 is 2.81 bits per heavy atom. The fourth-order valence-electron chi connectivity index (χ4n) is 2.06. The largest absolute Gasteiger partial charge is 0.485 e. The van der Waals surface area contributed by atoms with E-state index in [9.17, 15) is 4.39 Å². The van der Waals surface area contributed by atoms with Gasteiger partial charge in [-0.1, -0.05) is 18.1 Å². The lowest BCUT2D eigenvalue weighted by atomic mass is 10.1. The van der Waals surface area contributed by atoms with Crippen LogP contribution in [0.15, 0.2) is 28.8 Å². The number of aryl methyl sites for hydroxylation is 1. The predicted molar refractivity (Wildman–Crippen MR) is 78.7 cm³/mol. The molecule has 5 heteroatoms. The Hall–Kier alpha value is -1.88. The van der Waals surface area contributed by atoms with E-state index in [0.717, 1.165) is 18.7 Å². The van der Waals surface area contributed by atoms with E-state index < -0.39 is 0 Å². The maximum atomic E-state index is 14.1. The topological polar surface area (TPSA) is 47.3 Å². The number of aromatic nitrogens is 1. The van der Waals surface area contributed by atoms with Crippen LogP contribution in [0, 0.1) is 12.7 Å². The van der Waals surface area contributed by atoms with Gasteiger partial charge in [-0.2, -0.15) is 0 Å². The molecule has 1 heterocycles. The van der Waals surface area contributed by atoms with Gasteiger partial charge in [0, 0.05) is 23.7 Å². The molecule has 0 aliphatic heterocycles. The molecule has 0 saturated heterocycles. The molecule has 1 atom stereocenters. The van der Waals surface area contributed by atoms with Crippen LogP contribution in [0.4, 0.5) is 4.39 Å². The number of nitrogens with zero attached hydrogens (tertiary/aromatic N) is 1. The highest BCUT2D eigenvalue weighted by Crippen LogP contribution is 2.22. The highest BCUT2D eigenvalue weighted by molar-refractivity contribution is 5.30. The minimum absolute atomic E-state index is 0.0177. The van der Waals surface area contributed by atoms with E-state index in [4.69, 9.17) is 9.26 Å². The SMILES string of the molecule is CCCNC(C)c1ccc(OCc2cc(C)no2)cc1F. The standard InChI is InChI=1S/C16H21FN2O2/c1-4-7-18-12(3)15-6-5-13(9-16(15)17)20-10-14-8-11(2)19-21-14/h5-6,8-9,12,18H,4,7,10H2,1-3H3. The Labute approximate surface area is 124 Å². The summed E-state index contributed by atoms with van der Waals surface area (Å²) in [7, 11) is 0. The van der Waals surface area contributed by atoms with Gasteiger partial charge in [0.25, 0.3) is 0 Å². The van der Waals surface area contributed by atoms with E-state index in [1.807, 2.05) is 13.8 Å². The second kappa shape index (κ2) is 7.22. The number of hydrogen-bond donors (Lipinski definition) is 1. The second-order valence-corrected chi connectivity index (χ2v) is 5.08. The predicted octanol–water partition coefficient (Wildman–Crippen LogP) is 3.76. The Balaban J connectivity index is 1.98. The quantitative estimate of drug-likeness (QED) is 0.844. The van der Waals surface area contributed by atoms with Gasteiger partial charge in [-0.05, 0) is 32.9 Å². The fraction of sp³-hybridized carbons (Fsp3) is 0.438. The first kappa shape index (κ1) is 15.5. The fourth-order valence-corrected chi connectivity index (χ4v) is 2.06. The van der Waals surface area contributed by atoms with Crippen molar-refractivity contribution in [2.24, 2.45) is 0 Å². The van der Waals surface area contributed by atoms with E-state index >= 15 is 0 Å². The minimum Gasteiger partial charge on any atom is -0.485 e. The molecule has 2 aromatic rings. The van der Waals surface area contributed by atoms with E-state index in [2.05, 4.69) is 17.4 Å². The van der Waals surface area contributed by atoms with Crippen LogP contribution in [0.3, 0.4) is 0 Å². The number of rotatable bonds is 7. The number of benzene rings is 1. The molecule has 2 rings (SSSR count). The maximum absolute atomic E-state index is 14.1. The molecule has 0 aliphatic carbocycles. The Morgan fingerprint density at radius 1 is 1.38 bits per heavy atom. The Kier molecular flexibility index (Phi) is 5.33. The van der Waals surface area contributed by atoms with Gasteiger partial charge < -0.3 is 14.6 Å². The number of nitrogens with one attached hydrogen (secondary N) is 1. The number of ether oxygens (including phenoxy) is 1. The molecule has 1 aromatic heterocycles. The van der Waals surface area contributed by atoms with Crippen LogP contribution in [0.2, 0.25) is 0 Å². The van der Waals surface area contributed by atoms with Crippen molar-refractivity contribution in [2.45, 2.75) is 39.8 Å². The summed E-state index contributed by atoms with van der Waals surface area (Å²) in [6.07, 6.45) is 1.02. The van der Waals surface area contributed by atoms with Crippen LogP contribution in [0.1, 0.15) is 43.3 Å². The van der Waals surface area contributed by atoms with Crippen molar-refractivity contribution in [3.63, 3.8) is 0 Å². The molecule has 0 saturated carbocycles. The summed E-state index contributed by atoms with van der Waals surface area (Å²) in [4.78, 5) is 0. The van der Waals surface area contributed by atoms with Gasteiger partial charge in [0.05, 0.1) is 5.69 Å². The molecule has 0 radical (unpaired) electrons. The van der Waals surface area contributed by atoms with Crippen molar-refractivity contribution >= 4 is 0 Å². The summed E-state index contributed by atoms with van der Waals surface area (Å²) in [6.45, 7) is 6.98. The zero-order valence-electron chi connectivity index (χ0n) is 12.6. The van der Waals surface area contributed by atoms with Crippen molar-refractivity contribution in [3.8, 4) is 5.75 Å². The molecule has 0 spiro atoms. The van der Waals surface area contributed by atoms with Gasteiger partial charge in [0.2, 0.25) is 0 Å². The lowest BCUT2D eigenvalue weighted by molar-refractivity contribution is 0.248. The number of halogens is 1. The van der Waals surface area contributed by atoms with Crippen molar-refractivity contribution in [2.75, 3.05) is 6.54 Å². The van der Waals surface area contributed by atoms with Gasteiger partial charge in [0.1, 0.15) is 18.2 Å². The first-order valence-electron chi connectivity index (χ1n) is 7.18. The van der Waals surface area contributed by atoms with E-state index in [0.29, 0.717) is 17.1 Å². The summed E-state index contributed by atoms with van der Waals surface area (Å²) in [6, 6.07) is 6.70. The summed E-state index contributed by atoms with van der Waals surface area (Å²) in [5.41, 5.74) is 1.44. The molecular weight excluding hydrogens is 271 g/mol. The smallest absolute Gasteiger partial charge is 0.174 e. The van der Waals surface area contributed by atoms with E-state index in [-0.39, 0.29) is 18.5 Å². The van der Waals surface area contributed by atoms with Gasteiger partial charge in [-0.15, -0.1) is 0 Å². The summed E-state index contributed by atoms with van der Waals surface area (Å²) >= 11 is 0. The highest BCUT2D eigenvalue weighted by Gasteiger charge is 2.11. The van der Waals surface area contributed by atoms with Crippen molar-refractivity contribution in [1.29, 1.82) is 0 Å². The molecule has 1 N–H and O–H groups in total. The zero-order valence-corrected chi connectivity index (χ0v) is 12.6. The van der Waals surface area contributed by atoms with Crippen LogP contribution in [0.5, 0.6) is 5.75 Å². The van der Waals surface area contributed by atoms with Gasteiger partial charge in [-0.3, -0.25) is 0 Å². The van der Waals surface area contributed by atoms with Crippen molar-refractivity contribution in [1.82, 2.24) is 10.5 Å². The molecule has 1 unspecified atom stereocenters. The average Bonchev–Trinajstić information content (AvgIpc) is 2.88. The zero-order chi connectivity index (χ0) is 15.2. The van der Waals surface area contributed by atoms with Gasteiger partial charge in [-0.25, -0.2) is 4.39 Å². The monoisotopic (exact) mass is 292 g/mol. The van der Waals surface area contributed by atoms with Crippen molar-refractivity contribution in [3.05, 3.63) is 47.1 Å². The van der Waals surface area contributed by atoms with Crippen LogP contribution in [-0.4, -0.2) is 11.7 Å². The lowest BCUT2D eigenvalue weighted by Crippen LogP contribution is -2.20. The van der Waals surface area contributed by atoms with Crippen LogP contribution < -0.4 is 10.1 Å². The molecule has 114 valence electrons. The highest BCUT2D eigenvalue weighted by atomic mass is 19.1. The number of hydrogen-bond acceptors (Lipinski definition) is 4. The third-order valence-electron chi connectivity index (χ3n) is 3.20. The normalized spacial score (nSPS) is 12.4. The average molecular weight is 292 g/mol. The van der Waals surface area contributed by atoms with E-state index in [1.165, 1.54) is 6.07 Å². The van der Waals surface area contributed by atoms with Crippen molar-refractivity contribution < 1.29 is 13.7 Å². The molecule has 0 aliphatic rings. The first-order chi connectivity index (χ1) is 10.1. The first-order valence-corrected chi connectivity index (χ1v) is 7.18. The molecular formula is C16H21FN2O2. The Morgan fingerprint density at radius 2 is 2.19 bits per heavy atom. The summed E-state index contributed by atoms with van der Waals surface area (Å²) in [5.74, 6) is 0.834. The van der Waals surface area contributed by atoms with Crippen LogP contribution in [0.25, 0.3) is 0 Å². The third kappa shape index (κ3) is 4.29. The molecule has 0 amide bonds. The molecule has 0 fully saturated rings. The van der Waals surface area contributed by atoms with Gasteiger partial charge >= 0.3 is 0 Å². The minimum atomic E-state index is -0.266. The molecule has 21 heavy (non-hydrogen) atoms. The lowest BCUT2D eigenvalue weighted by Gasteiger charge is -2.15. The molecule has 4 nitrogen and oxygen atoms in total. The Bertz CT molecular complexity index is 583. The molecule has 0 bridgehead atoms. The maximum Gasteiger partial charge on any atom is 0.174 e. The van der Waals surface area contributed by atoms with Gasteiger partial charge in [0.15, 0.2) is 5.76 Å². The second-order valence-electron chi connectivity index (χ2n) is 5.08.